The maximum Gasteiger partial charge on any atom is 0.280 e. The molecule has 1 heterocycles. The maximum atomic E-state index is 13.2. The summed E-state index contributed by atoms with van der Waals surface area (Å²) >= 11 is 0. The molecular formula is C23H26FN4O+. The zero-order chi connectivity index (χ0) is 20.4. The Balaban J connectivity index is 1.46. The molecule has 150 valence electrons. The van der Waals surface area contributed by atoms with Gasteiger partial charge in [0.2, 0.25) is 0 Å². The monoisotopic (exact) mass is 393 g/mol. The van der Waals surface area contributed by atoms with Crippen LogP contribution in [0, 0.1) is 19.7 Å². The van der Waals surface area contributed by atoms with Gasteiger partial charge in [0.05, 0.1) is 17.4 Å². The average molecular weight is 393 g/mol. The number of nitrogens with one attached hydrogen (secondary N) is 2. The Kier molecular flexibility index (Phi) is 5.45. The van der Waals surface area contributed by atoms with Crippen molar-refractivity contribution in [1.29, 1.82) is 0 Å². The number of amides is 1. The second-order valence-corrected chi connectivity index (χ2v) is 7.88. The number of benzene rings is 2. The molecule has 0 bridgehead atoms. The van der Waals surface area contributed by atoms with Gasteiger partial charge in [-0.05, 0) is 38.1 Å². The molecule has 2 aromatic carbocycles. The van der Waals surface area contributed by atoms with Crippen molar-refractivity contribution in [3.05, 3.63) is 77.2 Å². The van der Waals surface area contributed by atoms with E-state index in [0.717, 1.165) is 29.8 Å². The van der Waals surface area contributed by atoms with E-state index in [2.05, 4.69) is 10.4 Å². The molecule has 0 saturated heterocycles. The molecule has 1 saturated carbocycles. The van der Waals surface area contributed by atoms with Gasteiger partial charge >= 0.3 is 0 Å². The van der Waals surface area contributed by atoms with Crippen molar-refractivity contribution in [3.63, 3.8) is 0 Å². The predicted octanol–water partition coefficient (Wildman–Crippen LogP) is 2.81. The first-order chi connectivity index (χ1) is 14.0. The van der Waals surface area contributed by atoms with Crippen molar-refractivity contribution in [3.8, 4) is 5.69 Å². The molecule has 1 amide bonds. The standard InChI is InChI=1S/C23H25FN4O/c1-16-3-9-21(10-4-16)28-22(13-17(2)26-28)25-23(29)15-27(20-11-12-20)14-18-5-7-19(24)8-6-18/h3-10,13,20H,11-12,14-15H2,1-2H3,(H,25,29)/p+1. The molecule has 0 radical (unpaired) electrons. The summed E-state index contributed by atoms with van der Waals surface area (Å²) in [7, 11) is 0. The summed E-state index contributed by atoms with van der Waals surface area (Å²) in [5, 5.41) is 7.56. The van der Waals surface area contributed by atoms with E-state index in [4.69, 9.17) is 0 Å². The number of quaternary nitrogens is 1. The minimum atomic E-state index is -0.237. The van der Waals surface area contributed by atoms with Crippen LogP contribution in [-0.2, 0) is 11.3 Å². The topological polar surface area (TPSA) is 51.4 Å². The van der Waals surface area contributed by atoms with Crippen LogP contribution in [0.4, 0.5) is 10.2 Å². The number of nitrogens with zero attached hydrogens (tertiary/aromatic N) is 2. The molecule has 4 rings (SSSR count). The molecule has 3 aromatic rings. The van der Waals surface area contributed by atoms with Crippen molar-refractivity contribution >= 4 is 11.7 Å². The van der Waals surface area contributed by atoms with Gasteiger partial charge in [0.15, 0.2) is 6.54 Å². The first kappa shape index (κ1) is 19.3. The van der Waals surface area contributed by atoms with E-state index in [1.54, 1.807) is 16.8 Å². The van der Waals surface area contributed by atoms with Gasteiger partial charge in [-0.1, -0.05) is 29.8 Å². The highest BCUT2D eigenvalue weighted by molar-refractivity contribution is 5.91. The zero-order valence-corrected chi connectivity index (χ0v) is 16.8. The molecular weight excluding hydrogens is 367 g/mol. The first-order valence-corrected chi connectivity index (χ1v) is 10.0. The summed E-state index contributed by atoms with van der Waals surface area (Å²) in [5.41, 5.74) is 3.98. The molecule has 1 unspecified atom stereocenters. The van der Waals surface area contributed by atoms with Crippen LogP contribution in [-0.4, -0.2) is 28.3 Å². The SMILES string of the molecule is Cc1ccc(-n2nc(C)cc2NC(=O)C[NH+](Cc2ccc(F)cc2)C2CC2)cc1. The van der Waals surface area contributed by atoms with Gasteiger partial charge in [0.1, 0.15) is 18.2 Å². The molecule has 1 aliphatic rings. The summed E-state index contributed by atoms with van der Waals surface area (Å²) in [6, 6.07) is 17.0. The van der Waals surface area contributed by atoms with Crippen LogP contribution in [0.25, 0.3) is 5.69 Å². The molecule has 29 heavy (non-hydrogen) atoms. The number of anilines is 1. The number of hydrogen-bond acceptors (Lipinski definition) is 2. The van der Waals surface area contributed by atoms with E-state index in [1.807, 2.05) is 44.2 Å². The first-order valence-electron chi connectivity index (χ1n) is 10.0. The third-order valence-electron chi connectivity index (χ3n) is 5.26. The molecule has 1 aromatic heterocycles. The van der Waals surface area contributed by atoms with Gasteiger partial charge in [-0.15, -0.1) is 0 Å². The molecule has 0 spiro atoms. The normalized spacial score (nSPS) is 14.6. The third-order valence-corrected chi connectivity index (χ3v) is 5.26. The van der Waals surface area contributed by atoms with Gasteiger partial charge < -0.3 is 10.2 Å². The summed E-state index contributed by atoms with van der Waals surface area (Å²) < 4.78 is 14.9. The van der Waals surface area contributed by atoms with Crippen molar-refractivity contribution < 1.29 is 14.1 Å². The second kappa shape index (κ2) is 8.17. The lowest BCUT2D eigenvalue weighted by molar-refractivity contribution is -0.916. The van der Waals surface area contributed by atoms with Crippen LogP contribution >= 0.6 is 0 Å². The van der Waals surface area contributed by atoms with E-state index < -0.39 is 0 Å². The predicted molar refractivity (Wildman–Crippen MR) is 111 cm³/mol. The highest BCUT2D eigenvalue weighted by Crippen LogP contribution is 2.18. The largest absolute Gasteiger partial charge is 0.321 e. The summed E-state index contributed by atoms with van der Waals surface area (Å²) in [5.74, 6) is 0.398. The number of hydrogen-bond donors (Lipinski definition) is 2. The van der Waals surface area contributed by atoms with E-state index in [-0.39, 0.29) is 11.7 Å². The lowest BCUT2D eigenvalue weighted by Crippen LogP contribution is -3.13. The van der Waals surface area contributed by atoms with Crippen molar-refractivity contribution in [2.45, 2.75) is 39.3 Å². The Morgan fingerprint density at radius 2 is 1.83 bits per heavy atom. The fourth-order valence-electron chi connectivity index (χ4n) is 3.57. The highest BCUT2D eigenvalue weighted by atomic mass is 19.1. The van der Waals surface area contributed by atoms with Gasteiger partial charge in [0, 0.05) is 24.5 Å². The van der Waals surface area contributed by atoms with E-state index in [1.165, 1.54) is 22.6 Å². The number of rotatable bonds is 7. The van der Waals surface area contributed by atoms with Crippen molar-refractivity contribution in [1.82, 2.24) is 9.78 Å². The van der Waals surface area contributed by atoms with Crippen molar-refractivity contribution in [2.75, 3.05) is 11.9 Å². The maximum absolute atomic E-state index is 13.2. The van der Waals surface area contributed by atoms with E-state index >= 15 is 0 Å². The van der Waals surface area contributed by atoms with E-state index in [0.29, 0.717) is 24.9 Å². The van der Waals surface area contributed by atoms with Crippen LogP contribution in [0.2, 0.25) is 0 Å². The van der Waals surface area contributed by atoms with Gasteiger partial charge in [-0.25, -0.2) is 9.07 Å². The Bertz CT molecular complexity index is 991. The van der Waals surface area contributed by atoms with Gasteiger partial charge in [-0.3, -0.25) is 4.79 Å². The Hall–Kier alpha value is -2.99. The number of carbonyl (C=O) groups excluding carboxylic acids is 1. The number of halogens is 1. The van der Waals surface area contributed by atoms with Crippen LogP contribution in [0.1, 0.15) is 29.7 Å². The minimum Gasteiger partial charge on any atom is -0.321 e. The Labute approximate surface area is 170 Å². The Morgan fingerprint density at radius 3 is 2.48 bits per heavy atom. The van der Waals surface area contributed by atoms with Gasteiger partial charge in [0.25, 0.3) is 5.91 Å². The zero-order valence-electron chi connectivity index (χ0n) is 16.8. The summed E-state index contributed by atoms with van der Waals surface area (Å²) in [6.45, 7) is 5.04. The lowest BCUT2D eigenvalue weighted by Gasteiger charge is -2.19. The third kappa shape index (κ3) is 4.90. The lowest BCUT2D eigenvalue weighted by atomic mass is 10.2. The number of aryl methyl sites for hydroxylation is 2. The van der Waals surface area contributed by atoms with Crippen molar-refractivity contribution in [2.24, 2.45) is 0 Å². The molecule has 5 nitrogen and oxygen atoms in total. The minimum absolute atomic E-state index is 0.0396. The smallest absolute Gasteiger partial charge is 0.280 e. The summed E-state index contributed by atoms with van der Waals surface area (Å²) in [4.78, 5) is 14.0. The molecule has 0 aliphatic heterocycles. The van der Waals surface area contributed by atoms with Crippen LogP contribution in [0.15, 0.2) is 54.6 Å². The second-order valence-electron chi connectivity index (χ2n) is 7.88. The fraction of sp³-hybridized carbons (Fsp3) is 0.304. The summed E-state index contributed by atoms with van der Waals surface area (Å²) in [6.07, 6.45) is 2.26. The molecule has 2 N–H and O–H groups in total. The Morgan fingerprint density at radius 1 is 1.14 bits per heavy atom. The molecule has 1 aliphatic carbocycles. The quantitative estimate of drug-likeness (QED) is 0.649. The van der Waals surface area contributed by atoms with Crippen LogP contribution in [0.3, 0.4) is 0 Å². The van der Waals surface area contributed by atoms with Crippen LogP contribution < -0.4 is 10.2 Å². The van der Waals surface area contributed by atoms with Crippen LogP contribution in [0.5, 0.6) is 0 Å². The fourth-order valence-corrected chi connectivity index (χ4v) is 3.57. The van der Waals surface area contributed by atoms with E-state index in [9.17, 15) is 9.18 Å². The molecule has 6 heteroatoms. The molecule has 1 fully saturated rings. The molecule has 1 atom stereocenters. The number of aromatic nitrogens is 2. The average Bonchev–Trinajstić information content (AvgIpc) is 3.47. The highest BCUT2D eigenvalue weighted by Gasteiger charge is 2.34. The number of carbonyl (C=O) groups is 1. The van der Waals surface area contributed by atoms with Gasteiger partial charge in [-0.2, -0.15) is 5.10 Å².